The van der Waals surface area contributed by atoms with E-state index in [1.807, 2.05) is 61.5 Å². The molecule has 3 aromatic rings. The smallest absolute Gasteiger partial charge is 0.261 e. The average Bonchev–Trinajstić information content (AvgIpc) is 3.05. The van der Waals surface area contributed by atoms with Gasteiger partial charge in [-0.2, -0.15) is 0 Å². The molecule has 5 nitrogen and oxygen atoms in total. The molecule has 4 rings (SSSR count). The molecule has 0 saturated heterocycles. The monoisotopic (exact) mass is 412 g/mol. The first-order chi connectivity index (χ1) is 15.1. The molecule has 0 unspecified atom stereocenters. The molecule has 0 aliphatic carbocycles. The van der Waals surface area contributed by atoms with E-state index in [9.17, 15) is 14.4 Å². The number of benzene rings is 3. The van der Waals surface area contributed by atoms with Gasteiger partial charge in [-0.25, -0.2) is 0 Å². The Morgan fingerprint density at radius 1 is 0.774 bits per heavy atom. The van der Waals surface area contributed by atoms with E-state index in [4.69, 9.17) is 0 Å². The molecule has 1 heterocycles. The molecule has 0 aromatic heterocycles. The van der Waals surface area contributed by atoms with Gasteiger partial charge in [0.25, 0.3) is 17.7 Å². The van der Waals surface area contributed by atoms with E-state index in [1.54, 1.807) is 29.2 Å². The van der Waals surface area contributed by atoms with Crippen molar-refractivity contribution >= 4 is 23.4 Å². The number of hydrogen-bond acceptors (Lipinski definition) is 3. The van der Waals surface area contributed by atoms with Crippen molar-refractivity contribution in [3.63, 3.8) is 0 Å². The third-order valence-electron chi connectivity index (χ3n) is 5.50. The first-order valence-corrected chi connectivity index (χ1v) is 10.4. The van der Waals surface area contributed by atoms with Gasteiger partial charge >= 0.3 is 0 Å². The third-order valence-corrected chi connectivity index (χ3v) is 5.50. The first-order valence-electron chi connectivity index (χ1n) is 10.4. The molecule has 0 fully saturated rings. The van der Waals surface area contributed by atoms with Crippen molar-refractivity contribution in [2.45, 2.75) is 19.8 Å². The fraction of sp³-hybridized carbons (Fsp3) is 0.192. The maximum Gasteiger partial charge on any atom is 0.261 e. The van der Waals surface area contributed by atoms with Gasteiger partial charge in [0.05, 0.1) is 11.1 Å². The van der Waals surface area contributed by atoms with Crippen molar-refractivity contribution in [2.75, 3.05) is 18.0 Å². The number of imide groups is 1. The van der Waals surface area contributed by atoms with Gasteiger partial charge in [-0.3, -0.25) is 19.3 Å². The van der Waals surface area contributed by atoms with Gasteiger partial charge in [0.15, 0.2) is 0 Å². The van der Waals surface area contributed by atoms with Crippen LogP contribution in [0.1, 0.15) is 49.5 Å². The van der Waals surface area contributed by atoms with E-state index in [0.29, 0.717) is 42.6 Å². The second-order valence-corrected chi connectivity index (χ2v) is 7.67. The zero-order valence-corrected chi connectivity index (χ0v) is 17.5. The van der Waals surface area contributed by atoms with Crippen LogP contribution in [-0.4, -0.2) is 35.7 Å². The van der Waals surface area contributed by atoms with Crippen LogP contribution >= 0.6 is 0 Å². The van der Waals surface area contributed by atoms with Crippen molar-refractivity contribution in [1.82, 2.24) is 4.90 Å². The van der Waals surface area contributed by atoms with Crippen molar-refractivity contribution in [3.05, 3.63) is 101 Å². The molecular weight excluding hydrogens is 388 g/mol. The van der Waals surface area contributed by atoms with Gasteiger partial charge in [-0.15, -0.1) is 0 Å². The standard InChI is InChI=1S/C26H24N2O3/c1-19-13-15-21(16-14-19)27(24(29)20-9-3-2-4-10-20)17-7-8-18-28-25(30)22-11-5-6-12-23(22)26(28)31/h2-6,9-16H,7-8,17-18H2,1H3. The summed E-state index contributed by atoms with van der Waals surface area (Å²) < 4.78 is 0. The summed E-state index contributed by atoms with van der Waals surface area (Å²) in [6.07, 6.45) is 1.29. The normalized spacial score (nSPS) is 12.7. The molecule has 0 saturated carbocycles. The maximum absolute atomic E-state index is 13.1. The molecule has 1 aliphatic heterocycles. The molecule has 0 bridgehead atoms. The highest BCUT2D eigenvalue weighted by Gasteiger charge is 2.34. The fourth-order valence-corrected chi connectivity index (χ4v) is 3.79. The van der Waals surface area contributed by atoms with E-state index < -0.39 is 0 Å². The number of hydrogen-bond donors (Lipinski definition) is 0. The van der Waals surface area contributed by atoms with Gasteiger partial charge in [0, 0.05) is 24.3 Å². The van der Waals surface area contributed by atoms with Crippen molar-refractivity contribution in [1.29, 1.82) is 0 Å². The van der Waals surface area contributed by atoms with Gasteiger partial charge in [0.1, 0.15) is 0 Å². The van der Waals surface area contributed by atoms with E-state index in [0.717, 1.165) is 11.3 Å². The Morgan fingerprint density at radius 2 is 1.35 bits per heavy atom. The highest BCUT2D eigenvalue weighted by Crippen LogP contribution is 2.23. The minimum atomic E-state index is -0.239. The van der Waals surface area contributed by atoms with Crippen molar-refractivity contribution < 1.29 is 14.4 Å². The lowest BCUT2D eigenvalue weighted by molar-refractivity contribution is 0.0651. The lowest BCUT2D eigenvalue weighted by Gasteiger charge is -2.24. The number of carbonyl (C=O) groups excluding carboxylic acids is 3. The van der Waals surface area contributed by atoms with Gasteiger partial charge in [-0.05, 0) is 56.2 Å². The van der Waals surface area contributed by atoms with Crippen LogP contribution < -0.4 is 4.90 Å². The molecular formula is C26H24N2O3. The zero-order chi connectivity index (χ0) is 21.8. The molecule has 31 heavy (non-hydrogen) atoms. The van der Waals surface area contributed by atoms with Gasteiger partial charge in [0.2, 0.25) is 0 Å². The van der Waals surface area contributed by atoms with Gasteiger partial charge < -0.3 is 4.90 Å². The van der Waals surface area contributed by atoms with Crippen LogP contribution in [0.2, 0.25) is 0 Å². The number of carbonyl (C=O) groups is 3. The Bertz CT molecular complexity index is 1070. The van der Waals surface area contributed by atoms with E-state index in [2.05, 4.69) is 0 Å². The Morgan fingerprint density at radius 3 is 1.97 bits per heavy atom. The highest BCUT2D eigenvalue weighted by molar-refractivity contribution is 6.21. The molecule has 156 valence electrons. The van der Waals surface area contributed by atoms with Crippen LogP contribution in [0, 0.1) is 6.92 Å². The molecule has 5 heteroatoms. The van der Waals surface area contributed by atoms with Crippen molar-refractivity contribution in [3.8, 4) is 0 Å². The third kappa shape index (κ3) is 4.26. The Labute approximate surface area is 181 Å². The van der Waals surface area contributed by atoms with Gasteiger partial charge in [-0.1, -0.05) is 48.0 Å². The van der Waals surface area contributed by atoms with E-state index in [1.165, 1.54) is 4.90 Å². The summed E-state index contributed by atoms with van der Waals surface area (Å²) in [6.45, 7) is 2.85. The number of anilines is 1. The molecule has 0 atom stereocenters. The Balaban J connectivity index is 1.42. The Hall–Kier alpha value is -3.73. The summed E-state index contributed by atoms with van der Waals surface area (Å²) in [4.78, 5) is 41.3. The number of amides is 3. The molecule has 1 aliphatic rings. The predicted octanol–water partition coefficient (Wildman–Crippen LogP) is 4.72. The summed E-state index contributed by atoms with van der Waals surface area (Å²) in [5, 5.41) is 0. The summed E-state index contributed by atoms with van der Waals surface area (Å²) in [5.74, 6) is -0.544. The van der Waals surface area contributed by atoms with Crippen LogP contribution in [0.4, 0.5) is 5.69 Å². The average molecular weight is 412 g/mol. The number of aryl methyl sites for hydroxylation is 1. The second kappa shape index (κ2) is 8.96. The molecule has 3 amide bonds. The topological polar surface area (TPSA) is 57.7 Å². The summed E-state index contributed by atoms with van der Waals surface area (Å²) in [7, 11) is 0. The SMILES string of the molecule is Cc1ccc(N(CCCCN2C(=O)c3ccccc3C2=O)C(=O)c2ccccc2)cc1. The summed E-state index contributed by atoms with van der Waals surface area (Å²) >= 11 is 0. The zero-order valence-electron chi connectivity index (χ0n) is 17.5. The molecule has 0 N–H and O–H groups in total. The minimum absolute atomic E-state index is 0.0646. The first kappa shape index (κ1) is 20.5. The quantitative estimate of drug-likeness (QED) is 0.417. The maximum atomic E-state index is 13.1. The Kier molecular flexibility index (Phi) is 5.94. The minimum Gasteiger partial charge on any atom is -0.308 e. The largest absolute Gasteiger partial charge is 0.308 e. The van der Waals surface area contributed by atoms with Crippen LogP contribution in [-0.2, 0) is 0 Å². The molecule has 0 spiro atoms. The summed E-state index contributed by atoms with van der Waals surface area (Å²) in [6, 6.07) is 24.0. The van der Waals surface area contributed by atoms with Crippen LogP contribution in [0.5, 0.6) is 0 Å². The number of fused-ring (bicyclic) bond motifs is 1. The fourth-order valence-electron chi connectivity index (χ4n) is 3.79. The lowest BCUT2D eigenvalue weighted by Crippen LogP contribution is -2.34. The lowest BCUT2D eigenvalue weighted by atomic mass is 10.1. The van der Waals surface area contributed by atoms with Crippen LogP contribution in [0.15, 0.2) is 78.9 Å². The van der Waals surface area contributed by atoms with E-state index >= 15 is 0 Å². The van der Waals surface area contributed by atoms with Crippen LogP contribution in [0.25, 0.3) is 0 Å². The summed E-state index contributed by atoms with van der Waals surface area (Å²) in [5.41, 5.74) is 3.52. The molecule has 0 radical (unpaired) electrons. The highest BCUT2D eigenvalue weighted by atomic mass is 16.2. The number of rotatable bonds is 7. The molecule has 3 aromatic carbocycles. The number of unbranched alkanes of at least 4 members (excludes halogenated alkanes) is 1. The second-order valence-electron chi connectivity index (χ2n) is 7.67. The number of nitrogens with zero attached hydrogens (tertiary/aromatic N) is 2. The van der Waals surface area contributed by atoms with Crippen LogP contribution in [0.3, 0.4) is 0 Å². The van der Waals surface area contributed by atoms with Crippen molar-refractivity contribution in [2.24, 2.45) is 0 Å². The van der Waals surface area contributed by atoms with E-state index in [-0.39, 0.29) is 17.7 Å². The predicted molar refractivity (Wildman–Crippen MR) is 120 cm³/mol.